The summed E-state index contributed by atoms with van der Waals surface area (Å²) in [6.45, 7) is 1.68. The SMILES string of the molecule is Cn1ccnc1N1CCC(NC(=O)c2ccc(C(=O)O)cc2)CC1. The predicted molar refractivity (Wildman–Crippen MR) is 89.3 cm³/mol. The number of nitrogens with one attached hydrogen (secondary N) is 1. The van der Waals surface area contributed by atoms with Crippen LogP contribution >= 0.6 is 0 Å². The zero-order valence-electron chi connectivity index (χ0n) is 13.5. The molecule has 2 N–H and O–H groups in total. The van der Waals surface area contributed by atoms with Crippen molar-refractivity contribution in [2.45, 2.75) is 18.9 Å². The number of aryl methyl sites for hydroxylation is 1. The van der Waals surface area contributed by atoms with Crippen LogP contribution in [0.4, 0.5) is 5.95 Å². The number of carbonyl (C=O) groups excluding carboxylic acids is 1. The second kappa shape index (κ2) is 6.74. The van der Waals surface area contributed by atoms with E-state index in [4.69, 9.17) is 5.11 Å². The third kappa shape index (κ3) is 3.40. The van der Waals surface area contributed by atoms with Gasteiger partial charge in [-0.15, -0.1) is 0 Å². The Labute approximate surface area is 139 Å². The highest BCUT2D eigenvalue weighted by Gasteiger charge is 2.23. The van der Waals surface area contributed by atoms with E-state index in [1.54, 1.807) is 18.3 Å². The van der Waals surface area contributed by atoms with Gasteiger partial charge in [0.1, 0.15) is 0 Å². The quantitative estimate of drug-likeness (QED) is 0.888. The Morgan fingerprint density at radius 3 is 2.33 bits per heavy atom. The first-order valence-corrected chi connectivity index (χ1v) is 7.91. The fraction of sp³-hybridized carbons (Fsp3) is 0.353. The van der Waals surface area contributed by atoms with E-state index in [-0.39, 0.29) is 17.5 Å². The first-order chi connectivity index (χ1) is 11.5. The van der Waals surface area contributed by atoms with Crippen molar-refractivity contribution in [2.24, 2.45) is 7.05 Å². The number of carboxylic acids is 1. The molecular weight excluding hydrogens is 308 g/mol. The van der Waals surface area contributed by atoms with Gasteiger partial charge in [-0.3, -0.25) is 4.79 Å². The molecule has 0 aliphatic carbocycles. The highest BCUT2D eigenvalue weighted by Crippen LogP contribution is 2.18. The third-order valence-corrected chi connectivity index (χ3v) is 4.30. The molecule has 1 amide bonds. The minimum Gasteiger partial charge on any atom is -0.478 e. The summed E-state index contributed by atoms with van der Waals surface area (Å²) in [6.07, 6.45) is 5.41. The number of nitrogens with zero attached hydrogens (tertiary/aromatic N) is 3. The van der Waals surface area contributed by atoms with E-state index in [1.165, 1.54) is 12.1 Å². The molecule has 0 spiro atoms. The third-order valence-electron chi connectivity index (χ3n) is 4.30. The minimum atomic E-state index is -0.997. The molecule has 7 heteroatoms. The number of hydrogen-bond donors (Lipinski definition) is 2. The second-order valence-corrected chi connectivity index (χ2v) is 5.96. The van der Waals surface area contributed by atoms with Gasteiger partial charge in [0, 0.05) is 44.1 Å². The smallest absolute Gasteiger partial charge is 0.335 e. The summed E-state index contributed by atoms with van der Waals surface area (Å²) in [5, 5.41) is 11.9. The first-order valence-electron chi connectivity index (χ1n) is 7.91. The molecule has 2 heterocycles. The van der Waals surface area contributed by atoms with Gasteiger partial charge in [-0.1, -0.05) is 0 Å². The maximum atomic E-state index is 12.3. The average Bonchev–Trinajstić information content (AvgIpc) is 3.01. The van der Waals surface area contributed by atoms with Gasteiger partial charge < -0.3 is 19.9 Å². The normalized spacial score (nSPS) is 15.3. The fourth-order valence-electron chi connectivity index (χ4n) is 2.92. The molecule has 126 valence electrons. The van der Waals surface area contributed by atoms with E-state index in [9.17, 15) is 9.59 Å². The zero-order valence-corrected chi connectivity index (χ0v) is 13.5. The minimum absolute atomic E-state index is 0.119. The van der Waals surface area contributed by atoms with Gasteiger partial charge in [0.2, 0.25) is 5.95 Å². The molecule has 1 aromatic carbocycles. The summed E-state index contributed by atoms with van der Waals surface area (Å²) >= 11 is 0. The lowest BCUT2D eigenvalue weighted by Crippen LogP contribution is -2.45. The highest BCUT2D eigenvalue weighted by atomic mass is 16.4. The Kier molecular flexibility index (Phi) is 4.50. The number of rotatable bonds is 4. The van der Waals surface area contributed by atoms with Gasteiger partial charge in [0.05, 0.1) is 5.56 Å². The Hall–Kier alpha value is -2.83. The second-order valence-electron chi connectivity index (χ2n) is 5.96. The lowest BCUT2D eigenvalue weighted by molar-refractivity contribution is 0.0696. The molecule has 1 fully saturated rings. The lowest BCUT2D eigenvalue weighted by atomic mass is 10.0. The van der Waals surface area contributed by atoms with Crippen molar-refractivity contribution in [1.82, 2.24) is 14.9 Å². The van der Waals surface area contributed by atoms with E-state index < -0.39 is 5.97 Å². The van der Waals surface area contributed by atoms with Crippen LogP contribution in [0.15, 0.2) is 36.7 Å². The van der Waals surface area contributed by atoms with E-state index in [0.29, 0.717) is 5.56 Å². The van der Waals surface area contributed by atoms with Crippen molar-refractivity contribution in [3.8, 4) is 0 Å². The topological polar surface area (TPSA) is 87.5 Å². The van der Waals surface area contributed by atoms with Crippen LogP contribution in [0.1, 0.15) is 33.6 Å². The summed E-state index contributed by atoms with van der Waals surface area (Å²) in [5.41, 5.74) is 0.654. The van der Waals surface area contributed by atoms with E-state index >= 15 is 0 Å². The number of carbonyl (C=O) groups is 2. The van der Waals surface area contributed by atoms with Crippen LogP contribution in [-0.2, 0) is 7.05 Å². The Balaban J connectivity index is 1.55. The average molecular weight is 328 g/mol. The Bertz CT molecular complexity index is 731. The molecule has 0 saturated carbocycles. The molecule has 0 radical (unpaired) electrons. The van der Waals surface area contributed by atoms with Gasteiger partial charge in [-0.05, 0) is 37.1 Å². The zero-order chi connectivity index (χ0) is 17.1. The number of hydrogen-bond acceptors (Lipinski definition) is 4. The Morgan fingerprint density at radius 1 is 1.17 bits per heavy atom. The molecule has 1 aromatic heterocycles. The van der Waals surface area contributed by atoms with Crippen LogP contribution in [0.5, 0.6) is 0 Å². The molecule has 0 bridgehead atoms. The molecule has 0 unspecified atom stereocenters. The van der Waals surface area contributed by atoms with Crippen molar-refractivity contribution < 1.29 is 14.7 Å². The maximum absolute atomic E-state index is 12.3. The fourth-order valence-corrected chi connectivity index (χ4v) is 2.92. The largest absolute Gasteiger partial charge is 0.478 e. The van der Waals surface area contributed by atoms with Crippen LogP contribution in [-0.4, -0.2) is 45.7 Å². The monoisotopic (exact) mass is 328 g/mol. The van der Waals surface area contributed by atoms with Crippen LogP contribution in [0, 0.1) is 0 Å². The summed E-state index contributed by atoms with van der Waals surface area (Å²) in [5.74, 6) is -0.213. The molecule has 24 heavy (non-hydrogen) atoms. The summed E-state index contributed by atoms with van der Waals surface area (Å²) < 4.78 is 1.99. The molecule has 2 aromatic rings. The number of piperidine rings is 1. The molecular formula is C17H20N4O3. The standard InChI is InChI=1S/C17H20N4O3/c1-20-11-8-18-17(20)21-9-6-14(7-10-21)19-15(22)12-2-4-13(5-3-12)16(23)24/h2-5,8,11,14H,6-7,9-10H2,1H3,(H,19,22)(H,23,24). The van der Waals surface area contributed by atoms with Gasteiger partial charge in [-0.25, -0.2) is 9.78 Å². The summed E-state index contributed by atoms with van der Waals surface area (Å²) in [6, 6.07) is 6.10. The van der Waals surface area contributed by atoms with E-state index in [2.05, 4.69) is 15.2 Å². The number of amides is 1. The first kappa shape index (κ1) is 16.0. The molecule has 0 atom stereocenters. The number of anilines is 1. The van der Waals surface area contributed by atoms with Crippen LogP contribution in [0.25, 0.3) is 0 Å². The summed E-state index contributed by atoms with van der Waals surface area (Å²) in [4.78, 5) is 29.7. The van der Waals surface area contributed by atoms with Crippen molar-refractivity contribution in [1.29, 1.82) is 0 Å². The van der Waals surface area contributed by atoms with E-state index in [1.807, 2.05) is 17.8 Å². The van der Waals surface area contributed by atoms with Crippen molar-refractivity contribution >= 4 is 17.8 Å². The lowest BCUT2D eigenvalue weighted by Gasteiger charge is -2.33. The van der Waals surface area contributed by atoms with Crippen molar-refractivity contribution in [2.75, 3.05) is 18.0 Å². The van der Waals surface area contributed by atoms with Gasteiger partial charge in [-0.2, -0.15) is 0 Å². The van der Waals surface area contributed by atoms with Gasteiger partial charge >= 0.3 is 5.97 Å². The number of imidazole rings is 1. The maximum Gasteiger partial charge on any atom is 0.335 e. The highest BCUT2D eigenvalue weighted by molar-refractivity contribution is 5.96. The molecule has 1 aliphatic heterocycles. The van der Waals surface area contributed by atoms with Crippen molar-refractivity contribution in [3.05, 3.63) is 47.8 Å². The number of carboxylic acid groups (broad SMARTS) is 1. The van der Waals surface area contributed by atoms with Crippen LogP contribution in [0.2, 0.25) is 0 Å². The number of benzene rings is 1. The van der Waals surface area contributed by atoms with Gasteiger partial charge in [0.25, 0.3) is 5.91 Å². The number of aromatic carboxylic acids is 1. The number of aromatic nitrogens is 2. The molecule has 1 saturated heterocycles. The van der Waals surface area contributed by atoms with Gasteiger partial charge in [0.15, 0.2) is 0 Å². The molecule has 7 nitrogen and oxygen atoms in total. The molecule has 3 rings (SSSR count). The van der Waals surface area contributed by atoms with Crippen LogP contribution < -0.4 is 10.2 Å². The van der Waals surface area contributed by atoms with Crippen LogP contribution in [0.3, 0.4) is 0 Å². The van der Waals surface area contributed by atoms with Crippen molar-refractivity contribution in [3.63, 3.8) is 0 Å². The summed E-state index contributed by atoms with van der Waals surface area (Å²) in [7, 11) is 1.97. The molecule has 1 aliphatic rings. The van der Waals surface area contributed by atoms with E-state index in [0.717, 1.165) is 31.9 Å². The Morgan fingerprint density at radius 2 is 1.79 bits per heavy atom. The predicted octanol–water partition coefficient (Wildman–Crippen LogP) is 1.52.